The van der Waals surface area contributed by atoms with Crippen molar-refractivity contribution in [2.75, 3.05) is 25.1 Å². The Labute approximate surface area is 60.3 Å². The highest BCUT2D eigenvalue weighted by molar-refractivity contribution is 7.98. The van der Waals surface area contributed by atoms with E-state index in [1.54, 1.807) is 0 Å². The minimum absolute atomic E-state index is 1.06. The van der Waals surface area contributed by atoms with Gasteiger partial charge < -0.3 is 5.43 Å². The fraction of sp³-hybridized carbons (Fsp3) is 0.667. The number of hydrogen-bond acceptors (Lipinski definition) is 3. The van der Waals surface area contributed by atoms with Gasteiger partial charge in [0.15, 0.2) is 0 Å². The molecular weight excluding hydrogens is 132 g/mol. The molecule has 1 heterocycles. The topological polar surface area (TPSA) is 15.3 Å². The van der Waals surface area contributed by atoms with E-state index >= 15 is 0 Å². The molecule has 1 rings (SSSR count). The maximum atomic E-state index is 3.13. The van der Waals surface area contributed by atoms with Crippen molar-refractivity contribution >= 4 is 11.8 Å². The first-order valence-corrected chi connectivity index (χ1v) is 4.48. The normalized spacial score (nSPS) is 18.3. The highest BCUT2D eigenvalue weighted by atomic mass is 32.2. The largest absolute Gasteiger partial charge is 0.326 e. The molecule has 9 heavy (non-hydrogen) atoms. The lowest BCUT2D eigenvalue weighted by Gasteiger charge is -2.13. The average Bonchev–Trinajstić information content (AvgIpc) is 2.34. The molecule has 0 saturated heterocycles. The van der Waals surface area contributed by atoms with E-state index in [0.29, 0.717) is 0 Å². The molecule has 0 unspecified atom stereocenters. The zero-order valence-corrected chi connectivity index (χ0v) is 6.45. The fourth-order valence-electron chi connectivity index (χ4n) is 0.748. The van der Waals surface area contributed by atoms with Crippen LogP contribution in [0.25, 0.3) is 0 Å². The minimum Gasteiger partial charge on any atom is -0.326 e. The first-order valence-electron chi connectivity index (χ1n) is 3.08. The number of thioether (sulfide) groups is 1. The Hall–Kier alpha value is -0.150. The molecule has 0 bridgehead atoms. The van der Waals surface area contributed by atoms with Gasteiger partial charge in [0.2, 0.25) is 0 Å². The molecule has 1 aliphatic heterocycles. The van der Waals surface area contributed by atoms with Gasteiger partial charge in [-0.2, -0.15) is 11.8 Å². The number of nitrogens with one attached hydrogen (secondary N) is 1. The second-order valence-electron chi connectivity index (χ2n) is 1.97. The molecule has 2 nitrogen and oxygen atoms in total. The Morgan fingerprint density at radius 2 is 2.67 bits per heavy atom. The Bertz CT molecular complexity index is 95.2. The average molecular weight is 144 g/mol. The van der Waals surface area contributed by atoms with Crippen LogP contribution in [0.2, 0.25) is 0 Å². The van der Waals surface area contributed by atoms with Gasteiger partial charge in [0.05, 0.1) is 0 Å². The Morgan fingerprint density at radius 1 is 1.78 bits per heavy atom. The van der Waals surface area contributed by atoms with Crippen molar-refractivity contribution in [3.63, 3.8) is 0 Å². The summed E-state index contributed by atoms with van der Waals surface area (Å²) in [5.41, 5.74) is 3.13. The molecule has 0 aromatic rings. The van der Waals surface area contributed by atoms with Gasteiger partial charge in [-0.05, 0) is 6.26 Å². The molecule has 1 aliphatic rings. The minimum atomic E-state index is 1.06. The number of nitrogens with zero attached hydrogens (tertiary/aromatic N) is 1. The van der Waals surface area contributed by atoms with Gasteiger partial charge in [0.25, 0.3) is 0 Å². The summed E-state index contributed by atoms with van der Waals surface area (Å²) in [5, 5.41) is 2.19. The summed E-state index contributed by atoms with van der Waals surface area (Å²) < 4.78 is 0. The molecule has 0 aliphatic carbocycles. The Kier molecular flexibility index (Phi) is 2.94. The summed E-state index contributed by atoms with van der Waals surface area (Å²) in [5.74, 6) is 1.20. The van der Waals surface area contributed by atoms with Crippen molar-refractivity contribution in [3.8, 4) is 0 Å². The highest BCUT2D eigenvalue weighted by Crippen LogP contribution is 1.96. The van der Waals surface area contributed by atoms with Crippen LogP contribution in [0.1, 0.15) is 0 Å². The second-order valence-corrected chi connectivity index (χ2v) is 2.96. The molecule has 3 heteroatoms. The molecule has 0 amide bonds. The van der Waals surface area contributed by atoms with Crippen LogP contribution >= 0.6 is 11.8 Å². The van der Waals surface area contributed by atoms with E-state index in [2.05, 4.69) is 22.8 Å². The lowest BCUT2D eigenvalue weighted by atomic mass is 10.6. The summed E-state index contributed by atoms with van der Waals surface area (Å²) in [6, 6.07) is 0. The van der Waals surface area contributed by atoms with Gasteiger partial charge in [-0.15, -0.1) is 0 Å². The summed E-state index contributed by atoms with van der Waals surface area (Å²) in [6.07, 6.45) is 6.24. The smallest absolute Gasteiger partial charge is 0.0377 e. The molecule has 0 fully saturated rings. The lowest BCUT2D eigenvalue weighted by molar-refractivity contribution is 0.285. The third kappa shape index (κ3) is 2.28. The number of hydrazine groups is 1. The number of rotatable bonds is 3. The van der Waals surface area contributed by atoms with Gasteiger partial charge in [0.1, 0.15) is 0 Å². The van der Waals surface area contributed by atoms with Crippen LogP contribution in [-0.4, -0.2) is 30.1 Å². The zero-order chi connectivity index (χ0) is 6.53. The Morgan fingerprint density at radius 3 is 3.22 bits per heavy atom. The van der Waals surface area contributed by atoms with E-state index in [1.807, 2.05) is 18.0 Å². The fourth-order valence-corrected chi connectivity index (χ4v) is 1.15. The van der Waals surface area contributed by atoms with E-state index in [-0.39, 0.29) is 0 Å². The van der Waals surface area contributed by atoms with E-state index in [4.69, 9.17) is 0 Å². The monoisotopic (exact) mass is 144 g/mol. The maximum absolute atomic E-state index is 3.13. The van der Waals surface area contributed by atoms with Gasteiger partial charge in [-0.25, -0.2) is 5.01 Å². The molecule has 0 aromatic carbocycles. The van der Waals surface area contributed by atoms with E-state index < -0.39 is 0 Å². The van der Waals surface area contributed by atoms with Crippen LogP contribution in [0.15, 0.2) is 12.3 Å². The predicted molar refractivity (Wildman–Crippen MR) is 42.2 cm³/mol. The van der Waals surface area contributed by atoms with Crippen LogP contribution in [-0.2, 0) is 0 Å². The highest BCUT2D eigenvalue weighted by Gasteiger charge is 2.02. The van der Waals surface area contributed by atoms with Crippen molar-refractivity contribution < 1.29 is 0 Å². The molecule has 0 saturated carbocycles. The second kappa shape index (κ2) is 3.80. The molecule has 52 valence electrons. The first-order chi connectivity index (χ1) is 4.43. The van der Waals surface area contributed by atoms with Crippen molar-refractivity contribution in [2.45, 2.75) is 0 Å². The van der Waals surface area contributed by atoms with Gasteiger partial charge in [0, 0.05) is 25.0 Å². The van der Waals surface area contributed by atoms with E-state index in [1.165, 1.54) is 5.75 Å². The van der Waals surface area contributed by atoms with Gasteiger partial charge in [-0.3, -0.25) is 0 Å². The third-order valence-corrected chi connectivity index (χ3v) is 1.86. The standard InChI is InChI=1S/C6H12N2S/c1-9-6-5-8-4-2-3-7-8/h2-3,7H,4-6H2,1H3. The SMILES string of the molecule is CSCCN1CC=CN1. The summed E-state index contributed by atoms with van der Waals surface area (Å²) in [6.45, 7) is 2.19. The summed E-state index contributed by atoms with van der Waals surface area (Å²) in [7, 11) is 0. The van der Waals surface area contributed by atoms with Crippen molar-refractivity contribution in [3.05, 3.63) is 12.3 Å². The zero-order valence-electron chi connectivity index (χ0n) is 5.63. The third-order valence-electron chi connectivity index (χ3n) is 1.27. The molecule has 0 spiro atoms. The quantitative estimate of drug-likeness (QED) is 0.627. The van der Waals surface area contributed by atoms with E-state index in [9.17, 15) is 0 Å². The van der Waals surface area contributed by atoms with Gasteiger partial charge in [-0.1, -0.05) is 6.08 Å². The van der Waals surface area contributed by atoms with Gasteiger partial charge >= 0.3 is 0 Å². The number of hydrogen-bond donors (Lipinski definition) is 1. The molecule has 1 N–H and O–H groups in total. The molecular formula is C6H12N2S. The molecule has 0 aromatic heterocycles. The van der Waals surface area contributed by atoms with E-state index in [0.717, 1.165) is 13.1 Å². The van der Waals surface area contributed by atoms with Crippen LogP contribution in [0.4, 0.5) is 0 Å². The van der Waals surface area contributed by atoms with Crippen molar-refractivity contribution in [2.24, 2.45) is 0 Å². The Balaban J connectivity index is 2.01. The molecule has 0 radical (unpaired) electrons. The van der Waals surface area contributed by atoms with Crippen LogP contribution in [0.3, 0.4) is 0 Å². The lowest BCUT2D eigenvalue weighted by Crippen LogP contribution is -2.31. The van der Waals surface area contributed by atoms with Crippen LogP contribution in [0, 0.1) is 0 Å². The first kappa shape index (κ1) is 6.96. The van der Waals surface area contributed by atoms with Crippen molar-refractivity contribution in [1.82, 2.24) is 10.4 Å². The molecule has 0 atom stereocenters. The van der Waals surface area contributed by atoms with Crippen LogP contribution < -0.4 is 5.43 Å². The maximum Gasteiger partial charge on any atom is 0.0377 e. The summed E-state index contributed by atoms with van der Waals surface area (Å²) >= 11 is 1.88. The predicted octanol–water partition coefficient (Wildman–Crippen LogP) is 0.683. The van der Waals surface area contributed by atoms with Crippen molar-refractivity contribution in [1.29, 1.82) is 0 Å². The summed E-state index contributed by atoms with van der Waals surface area (Å²) in [4.78, 5) is 0. The van der Waals surface area contributed by atoms with Crippen LogP contribution in [0.5, 0.6) is 0 Å².